The Labute approximate surface area is 189 Å². The number of carbonyl (C=O) groups excluding carboxylic acids is 4. The van der Waals surface area contributed by atoms with Gasteiger partial charge in [-0.3, -0.25) is 9.59 Å². The molecule has 1 rings (SSSR count). The van der Waals surface area contributed by atoms with Crippen molar-refractivity contribution in [2.45, 2.75) is 78.7 Å². The Bertz CT molecular complexity index is 766. The summed E-state index contributed by atoms with van der Waals surface area (Å²) >= 11 is 0. The van der Waals surface area contributed by atoms with Crippen LogP contribution in [-0.4, -0.2) is 59.6 Å². The number of amides is 3. The number of benzene rings is 1. The van der Waals surface area contributed by atoms with Gasteiger partial charge in [-0.25, -0.2) is 9.59 Å². The molecule has 0 aliphatic rings. The number of ether oxygens (including phenoxy) is 2. The van der Waals surface area contributed by atoms with Crippen molar-refractivity contribution in [2.24, 2.45) is 0 Å². The number of hydrogen-bond donors (Lipinski definition) is 2. The van der Waals surface area contributed by atoms with Crippen molar-refractivity contribution in [1.29, 1.82) is 0 Å². The van der Waals surface area contributed by atoms with Gasteiger partial charge in [0.15, 0.2) is 0 Å². The lowest BCUT2D eigenvalue weighted by Crippen LogP contribution is -2.58. The summed E-state index contributed by atoms with van der Waals surface area (Å²) in [4.78, 5) is 51.6. The largest absolute Gasteiger partial charge is 0.466 e. The van der Waals surface area contributed by atoms with Crippen LogP contribution in [0.1, 0.15) is 53.5 Å². The van der Waals surface area contributed by atoms with E-state index in [9.17, 15) is 19.2 Å². The summed E-state index contributed by atoms with van der Waals surface area (Å²) in [6.45, 7) is 10.4. The molecule has 32 heavy (non-hydrogen) atoms. The maximum Gasteiger partial charge on any atom is 0.328 e. The molecule has 3 amide bonds. The van der Waals surface area contributed by atoms with Crippen molar-refractivity contribution >= 4 is 23.9 Å². The Kier molecular flexibility index (Phi) is 11.2. The van der Waals surface area contributed by atoms with Crippen LogP contribution in [0, 0.1) is 0 Å². The summed E-state index contributed by atoms with van der Waals surface area (Å²) < 4.78 is 10.2. The molecule has 1 aromatic rings. The molecule has 9 heteroatoms. The van der Waals surface area contributed by atoms with Crippen LogP contribution in [0.4, 0.5) is 4.79 Å². The van der Waals surface area contributed by atoms with Crippen LogP contribution in [0.25, 0.3) is 0 Å². The SMILES string of the molecule is CCOC(=O)CC(C(=O)N[C@@H](C)C(=O)OCc1ccccc1)N(C(=O)NC(C)C)C(C)C. The molecule has 0 saturated heterocycles. The van der Waals surface area contributed by atoms with E-state index in [0.29, 0.717) is 0 Å². The predicted molar refractivity (Wildman–Crippen MR) is 120 cm³/mol. The summed E-state index contributed by atoms with van der Waals surface area (Å²) in [6, 6.07) is 5.98. The first-order valence-electron chi connectivity index (χ1n) is 10.8. The molecule has 0 spiro atoms. The third-order valence-corrected chi connectivity index (χ3v) is 4.44. The fourth-order valence-electron chi connectivity index (χ4n) is 2.97. The standard InChI is InChI=1S/C23H35N3O6/c1-7-31-20(27)13-19(26(16(4)5)23(30)24-15(2)3)21(28)25-17(6)22(29)32-14-18-11-9-8-10-12-18/h8-12,15-17,19H,7,13-14H2,1-6H3,(H,24,30)(H,25,28)/t17-,19?/m0/s1. The topological polar surface area (TPSA) is 114 Å². The predicted octanol–water partition coefficient (Wildman–Crippen LogP) is 2.38. The fourth-order valence-corrected chi connectivity index (χ4v) is 2.97. The van der Waals surface area contributed by atoms with Crippen molar-refractivity contribution in [3.05, 3.63) is 35.9 Å². The second-order valence-corrected chi connectivity index (χ2v) is 7.95. The molecule has 0 heterocycles. The van der Waals surface area contributed by atoms with Gasteiger partial charge in [-0.05, 0) is 47.1 Å². The van der Waals surface area contributed by atoms with Crippen molar-refractivity contribution in [3.63, 3.8) is 0 Å². The first kappa shape index (κ1) is 26.9. The van der Waals surface area contributed by atoms with Crippen LogP contribution in [0.5, 0.6) is 0 Å². The highest BCUT2D eigenvalue weighted by Crippen LogP contribution is 2.13. The van der Waals surface area contributed by atoms with Crippen molar-refractivity contribution in [2.75, 3.05) is 6.61 Å². The lowest BCUT2D eigenvalue weighted by molar-refractivity contribution is -0.150. The van der Waals surface area contributed by atoms with Gasteiger partial charge in [-0.15, -0.1) is 0 Å². The Morgan fingerprint density at radius 1 is 0.938 bits per heavy atom. The quantitative estimate of drug-likeness (QED) is 0.502. The molecule has 2 N–H and O–H groups in total. The van der Waals surface area contributed by atoms with Gasteiger partial charge in [-0.1, -0.05) is 30.3 Å². The Balaban J connectivity index is 2.93. The van der Waals surface area contributed by atoms with Gasteiger partial charge in [0.2, 0.25) is 5.91 Å². The minimum Gasteiger partial charge on any atom is -0.466 e. The van der Waals surface area contributed by atoms with Crippen LogP contribution in [0.2, 0.25) is 0 Å². The highest BCUT2D eigenvalue weighted by molar-refractivity contribution is 5.93. The van der Waals surface area contributed by atoms with E-state index in [-0.39, 0.29) is 31.7 Å². The molecule has 0 aromatic heterocycles. The zero-order valence-corrected chi connectivity index (χ0v) is 19.7. The van der Waals surface area contributed by atoms with E-state index in [1.54, 1.807) is 34.6 Å². The molecule has 1 aromatic carbocycles. The van der Waals surface area contributed by atoms with Crippen LogP contribution in [-0.2, 0) is 30.5 Å². The van der Waals surface area contributed by atoms with Gasteiger partial charge in [-0.2, -0.15) is 0 Å². The minimum atomic E-state index is -1.16. The van der Waals surface area contributed by atoms with Crippen LogP contribution in [0.3, 0.4) is 0 Å². The molecule has 0 radical (unpaired) electrons. The van der Waals surface area contributed by atoms with Crippen LogP contribution >= 0.6 is 0 Å². The molecular weight excluding hydrogens is 414 g/mol. The molecule has 2 atom stereocenters. The lowest BCUT2D eigenvalue weighted by atomic mass is 10.1. The highest BCUT2D eigenvalue weighted by Gasteiger charge is 2.35. The van der Waals surface area contributed by atoms with Gasteiger partial charge >= 0.3 is 18.0 Å². The van der Waals surface area contributed by atoms with Crippen molar-refractivity contribution < 1.29 is 28.7 Å². The average Bonchev–Trinajstić information content (AvgIpc) is 2.71. The molecular formula is C23H35N3O6. The Morgan fingerprint density at radius 2 is 1.56 bits per heavy atom. The number of urea groups is 1. The highest BCUT2D eigenvalue weighted by atomic mass is 16.5. The summed E-state index contributed by atoms with van der Waals surface area (Å²) in [5.74, 6) is -1.88. The van der Waals surface area contributed by atoms with E-state index in [4.69, 9.17) is 9.47 Å². The number of rotatable bonds is 11. The first-order valence-corrected chi connectivity index (χ1v) is 10.8. The third kappa shape index (κ3) is 8.95. The second-order valence-electron chi connectivity index (χ2n) is 7.95. The van der Waals surface area contributed by atoms with E-state index in [1.807, 2.05) is 30.3 Å². The normalized spacial score (nSPS) is 12.6. The molecule has 0 fully saturated rings. The van der Waals surface area contributed by atoms with Gasteiger partial charge in [0.25, 0.3) is 0 Å². The Morgan fingerprint density at radius 3 is 2.09 bits per heavy atom. The molecule has 0 bridgehead atoms. The maximum atomic E-state index is 13.1. The van der Waals surface area contributed by atoms with Gasteiger partial charge in [0, 0.05) is 12.1 Å². The molecule has 0 aliphatic carbocycles. The fraction of sp³-hybridized carbons (Fsp3) is 0.565. The zero-order chi connectivity index (χ0) is 24.3. The summed E-state index contributed by atoms with van der Waals surface area (Å²) in [7, 11) is 0. The summed E-state index contributed by atoms with van der Waals surface area (Å²) in [6.07, 6.45) is -0.338. The van der Waals surface area contributed by atoms with Crippen molar-refractivity contribution in [1.82, 2.24) is 15.5 Å². The first-order chi connectivity index (χ1) is 15.1. The van der Waals surface area contributed by atoms with Crippen LogP contribution in [0.15, 0.2) is 30.3 Å². The molecule has 0 saturated carbocycles. The molecule has 1 unspecified atom stereocenters. The van der Waals surface area contributed by atoms with E-state index in [0.717, 1.165) is 5.56 Å². The van der Waals surface area contributed by atoms with E-state index < -0.39 is 36.0 Å². The summed E-state index contributed by atoms with van der Waals surface area (Å²) in [5, 5.41) is 5.31. The van der Waals surface area contributed by atoms with E-state index >= 15 is 0 Å². The molecule has 0 aliphatic heterocycles. The lowest BCUT2D eigenvalue weighted by Gasteiger charge is -2.34. The van der Waals surface area contributed by atoms with Crippen molar-refractivity contribution in [3.8, 4) is 0 Å². The monoisotopic (exact) mass is 449 g/mol. The number of esters is 2. The van der Waals surface area contributed by atoms with Gasteiger partial charge in [0.05, 0.1) is 13.0 Å². The number of carbonyl (C=O) groups is 4. The molecule has 178 valence electrons. The minimum absolute atomic E-state index is 0.0705. The maximum absolute atomic E-state index is 13.1. The van der Waals surface area contributed by atoms with Gasteiger partial charge < -0.3 is 25.0 Å². The summed E-state index contributed by atoms with van der Waals surface area (Å²) in [5.41, 5.74) is 0.816. The zero-order valence-electron chi connectivity index (χ0n) is 19.7. The third-order valence-electron chi connectivity index (χ3n) is 4.44. The number of hydrogen-bond acceptors (Lipinski definition) is 6. The van der Waals surface area contributed by atoms with Crippen LogP contribution < -0.4 is 10.6 Å². The smallest absolute Gasteiger partial charge is 0.328 e. The Hall–Kier alpha value is -3.10. The average molecular weight is 450 g/mol. The second kappa shape index (κ2) is 13.3. The van der Waals surface area contributed by atoms with E-state index in [1.165, 1.54) is 11.8 Å². The van der Waals surface area contributed by atoms with E-state index in [2.05, 4.69) is 10.6 Å². The molecule has 9 nitrogen and oxygen atoms in total. The number of nitrogens with zero attached hydrogens (tertiary/aromatic N) is 1. The van der Waals surface area contributed by atoms with Gasteiger partial charge in [0.1, 0.15) is 18.7 Å². The number of nitrogens with one attached hydrogen (secondary N) is 2.